The van der Waals surface area contributed by atoms with Crippen molar-refractivity contribution >= 4 is 11.7 Å². The second-order valence-corrected chi connectivity index (χ2v) is 3.46. The van der Waals surface area contributed by atoms with Gasteiger partial charge in [-0.1, -0.05) is 0 Å². The van der Waals surface area contributed by atoms with Crippen LogP contribution in [0.3, 0.4) is 0 Å². The molecule has 0 spiro atoms. The van der Waals surface area contributed by atoms with Crippen molar-refractivity contribution in [1.29, 1.82) is 0 Å². The lowest BCUT2D eigenvalue weighted by Gasteiger charge is -2.16. The number of carboxylic acids is 1. The van der Waals surface area contributed by atoms with E-state index in [-0.39, 0.29) is 11.3 Å². The van der Waals surface area contributed by atoms with Gasteiger partial charge in [-0.2, -0.15) is 0 Å². The van der Waals surface area contributed by atoms with Gasteiger partial charge < -0.3 is 21.1 Å². The number of carboxylic acid groups (broad SMARTS) is 1. The van der Waals surface area contributed by atoms with Gasteiger partial charge in [-0.15, -0.1) is 0 Å². The van der Waals surface area contributed by atoms with Gasteiger partial charge in [0.05, 0.1) is 0 Å². The number of rotatable bonds is 3. The Balaban J connectivity index is 3.13. The Bertz CT molecular complexity index is 422. The van der Waals surface area contributed by atoms with Crippen molar-refractivity contribution in [1.82, 2.24) is 0 Å². The molecule has 0 fully saturated rings. The Morgan fingerprint density at radius 2 is 2.00 bits per heavy atom. The Hall–Kier alpha value is -1.66. The van der Waals surface area contributed by atoms with Crippen molar-refractivity contribution in [2.24, 2.45) is 0 Å². The Morgan fingerprint density at radius 3 is 2.50 bits per heavy atom. The summed E-state index contributed by atoms with van der Waals surface area (Å²) in [5, 5.41) is 27.0. The van der Waals surface area contributed by atoms with Crippen molar-refractivity contribution in [2.45, 2.75) is 19.1 Å². The van der Waals surface area contributed by atoms with E-state index in [4.69, 9.17) is 15.9 Å². The second kappa shape index (κ2) is 4.46. The number of halogens is 1. The highest BCUT2D eigenvalue weighted by Gasteiger charge is 2.27. The number of nitrogen functional groups attached to an aromatic ring is 1. The lowest BCUT2D eigenvalue weighted by molar-refractivity contribution is -0.153. The van der Waals surface area contributed by atoms with E-state index in [1.807, 2.05) is 0 Å². The molecule has 0 saturated carbocycles. The molecule has 0 aliphatic rings. The average Bonchev–Trinajstić information content (AvgIpc) is 2.21. The first-order valence-electron chi connectivity index (χ1n) is 4.49. The quantitative estimate of drug-likeness (QED) is 0.554. The fourth-order valence-electron chi connectivity index (χ4n) is 1.24. The molecule has 2 atom stereocenters. The zero-order valence-corrected chi connectivity index (χ0v) is 8.51. The second-order valence-electron chi connectivity index (χ2n) is 3.46. The summed E-state index contributed by atoms with van der Waals surface area (Å²) in [5.74, 6) is -2.44. The lowest BCUT2D eigenvalue weighted by Crippen LogP contribution is -2.28. The maximum absolute atomic E-state index is 13.4. The van der Waals surface area contributed by atoms with Gasteiger partial charge in [0, 0.05) is 11.3 Å². The molecule has 0 saturated heterocycles. The monoisotopic (exact) mass is 229 g/mol. The number of nitrogens with two attached hydrogens (primary N) is 1. The van der Waals surface area contributed by atoms with E-state index in [1.165, 1.54) is 0 Å². The number of hydrogen-bond acceptors (Lipinski definition) is 4. The van der Waals surface area contributed by atoms with Crippen LogP contribution in [-0.4, -0.2) is 27.4 Å². The van der Waals surface area contributed by atoms with Gasteiger partial charge in [-0.3, -0.25) is 0 Å². The minimum Gasteiger partial charge on any atom is -0.479 e. The third kappa shape index (κ3) is 2.29. The molecule has 0 bridgehead atoms. The smallest absolute Gasteiger partial charge is 0.335 e. The van der Waals surface area contributed by atoms with Crippen molar-refractivity contribution in [3.05, 3.63) is 29.1 Å². The lowest BCUT2D eigenvalue weighted by atomic mass is 10.0. The molecule has 5 nitrogen and oxygen atoms in total. The molecule has 88 valence electrons. The van der Waals surface area contributed by atoms with Crippen LogP contribution >= 0.6 is 0 Å². The molecule has 0 aliphatic heterocycles. The maximum Gasteiger partial charge on any atom is 0.335 e. The van der Waals surface area contributed by atoms with Gasteiger partial charge in [0.1, 0.15) is 11.9 Å². The summed E-state index contributed by atoms with van der Waals surface area (Å²) in [7, 11) is 0. The summed E-state index contributed by atoms with van der Waals surface area (Å²) in [6, 6.07) is 2.18. The average molecular weight is 229 g/mol. The fraction of sp³-hybridized carbons (Fsp3) is 0.300. The highest BCUT2D eigenvalue weighted by atomic mass is 19.1. The van der Waals surface area contributed by atoms with Crippen LogP contribution in [0.15, 0.2) is 12.1 Å². The van der Waals surface area contributed by atoms with Crippen LogP contribution in [0.25, 0.3) is 0 Å². The highest BCUT2D eigenvalue weighted by molar-refractivity contribution is 5.73. The zero-order valence-electron chi connectivity index (χ0n) is 8.51. The first kappa shape index (κ1) is 12.4. The third-order valence-corrected chi connectivity index (χ3v) is 2.26. The molecule has 2 unspecified atom stereocenters. The molecule has 1 aromatic rings. The van der Waals surface area contributed by atoms with Crippen molar-refractivity contribution in [3.8, 4) is 0 Å². The number of aryl methyl sites for hydroxylation is 1. The van der Waals surface area contributed by atoms with Crippen molar-refractivity contribution in [3.63, 3.8) is 0 Å². The summed E-state index contributed by atoms with van der Waals surface area (Å²) in [4.78, 5) is 10.4. The van der Waals surface area contributed by atoms with Crippen molar-refractivity contribution < 1.29 is 24.5 Å². The normalized spacial score (nSPS) is 14.5. The molecule has 1 aromatic carbocycles. The van der Waals surface area contributed by atoms with Crippen molar-refractivity contribution in [2.75, 3.05) is 5.73 Å². The molecule has 0 amide bonds. The van der Waals surface area contributed by atoms with Gasteiger partial charge >= 0.3 is 5.97 Å². The summed E-state index contributed by atoms with van der Waals surface area (Å²) < 4.78 is 13.4. The molecular formula is C10H12FNO4. The number of carbonyl (C=O) groups is 1. The molecule has 5 N–H and O–H groups in total. The summed E-state index contributed by atoms with van der Waals surface area (Å²) in [5.41, 5.74) is 5.85. The van der Waals surface area contributed by atoms with Gasteiger partial charge in [-0.05, 0) is 24.6 Å². The number of anilines is 1. The van der Waals surface area contributed by atoms with E-state index in [9.17, 15) is 14.3 Å². The largest absolute Gasteiger partial charge is 0.479 e. The minimum absolute atomic E-state index is 0.216. The summed E-state index contributed by atoms with van der Waals surface area (Å²) in [6.07, 6.45) is -3.93. The molecule has 16 heavy (non-hydrogen) atoms. The standard InChI is InChI=1S/C10H12FNO4/c1-4-2-6(11)5(3-7(4)12)8(13)9(14)10(15)16/h2-3,8-9,13-14H,12H2,1H3,(H,15,16). The Kier molecular flexibility index (Phi) is 3.46. The van der Waals surface area contributed by atoms with E-state index in [0.717, 1.165) is 12.1 Å². The number of hydrogen-bond donors (Lipinski definition) is 4. The summed E-state index contributed by atoms with van der Waals surface area (Å²) in [6.45, 7) is 1.57. The molecule has 0 radical (unpaired) electrons. The van der Waals surface area contributed by atoms with Crippen LogP contribution < -0.4 is 5.73 Å². The molecule has 0 aromatic heterocycles. The first-order valence-corrected chi connectivity index (χ1v) is 4.49. The van der Waals surface area contributed by atoms with Crippen LogP contribution in [0.5, 0.6) is 0 Å². The highest BCUT2D eigenvalue weighted by Crippen LogP contribution is 2.25. The van der Waals surface area contributed by atoms with Crippen LogP contribution in [0, 0.1) is 12.7 Å². The van der Waals surface area contributed by atoms with Crippen LogP contribution in [-0.2, 0) is 4.79 Å². The van der Waals surface area contributed by atoms with Gasteiger partial charge in [0.2, 0.25) is 0 Å². The SMILES string of the molecule is Cc1cc(F)c(C(O)C(O)C(=O)O)cc1N. The molecule has 0 heterocycles. The molecule has 0 aliphatic carbocycles. The van der Waals surface area contributed by atoms with E-state index in [0.29, 0.717) is 5.56 Å². The predicted molar refractivity (Wildman–Crippen MR) is 54.2 cm³/mol. The number of aliphatic carboxylic acids is 1. The molecule has 6 heteroatoms. The number of aliphatic hydroxyl groups is 2. The van der Waals surface area contributed by atoms with E-state index in [1.54, 1.807) is 6.92 Å². The zero-order chi connectivity index (χ0) is 12.5. The van der Waals surface area contributed by atoms with Gasteiger partial charge in [0.25, 0.3) is 0 Å². The first-order chi connectivity index (χ1) is 7.34. The van der Waals surface area contributed by atoms with Gasteiger partial charge in [-0.25, -0.2) is 9.18 Å². The van der Waals surface area contributed by atoms with E-state index >= 15 is 0 Å². The van der Waals surface area contributed by atoms with Gasteiger partial charge in [0.15, 0.2) is 6.10 Å². The van der Waals surface area contributed by atoms with Crippen LogP contribution in [0.2, 0.25) is 0 Å². The van der Waals surface area contributed by atoms with Crippen LogP contribution in [0.1, 0.15) is 17.2 Å². The molecule has 1 rings (SSSR count). The van der Waals surface area contributed by atoms with Crippen LogP contribution in [0.4, 0.5) is 10.1 Å². The fourth-order valence-corrected chi connectivity index (χ4v) is 1.24. The van der Waals surface area contributed by atoms with E-state index in [2.05, 4.69) is 0 Å². The molecular weight excluding hydrogens is 217 g/mol. The Labute approximate surface area is 90.9 Å². The summed E-state index contributed by atoms with van der Waals surface area (Å²) >= 11 is 0. The number of aliphatic hydroxyl groups excluding tert-OH is 2. The third-order valence-electron chi connectivity index (χ3n) is 2.26. The Morgan fingerprint density at radius 1 is 1.44 bits per heavy atom. The topological polar surface area (TPSA) is 104 Å². The van der Waals surface area contributed by atoms with E-state index < -0.39 is 24.0 Å². The predicted octanol–water partition coefficient (Wildman–Crippen LogP) is 0.195. The number of benzene rings is 1. The maximum atomic E-state index is 13.4. The minimum atomic E-state index is -2.09.